The van der Waals surface area contributed by atoms with Crippen LogP contribution in [0, 0.1) is 0 Å². The normalized spacial score (nSPS) is 20.9. The second-order valence-corrected chi connectivity index (χ2v) is 6.86. The lowest BCUT2D eigenvalue weighted by molar-refractivity contribution is 0.00578. The van der Waals surface area contributed by atoms with Crippen LogP contribution in [0.1, 0.15) is 40.2 Å². The molecular formula is C20H23BO2. The van der Waals surface area contributed by atoms with Crippen LogP contribution in [0.15, 0.2) is 60.7 Å². The van der Waals surface area contributed by atoms with Crippen molar-refractivity contribution in [1.29, 1.82) is 0 Å². The van der Waals surface area contributed by atoms with Gasteiger partial charge in [-0.25, -0.2) is 0 Å². The van der Waals surface area contributed by atoms with E-state index in [9.17, 15) is 0 Å². The maximum absolute atomic E-state index is 8.75. The highest BCUT2D eigenvalue weighted by Crippen LogP contribution is 2.40. The molecule has 0 aromatic heterocycles. The van der Waals surface area contributed by atoms with Crippen molar-refractivity contribution in [2.24, 2.45) is 0 Å². The van der Waals surface area contributed by atoms with Gasteiger partial charge in [0.25, 0.3) is 0 Å². The number of rotatable bonds is 3. The fourth-order valence-corrected chi connectivity index (χ4v) is 2.52. The van der Waals surface area contributed by atoms with Gasteiger partial charge in [-0.1, -0.05) is 66.7 Å². The van der Waals surface area contributed by atoms with Gasteiger partial charge in [0.2, 0.25) is 0 Å². The molecule has 0 atom stereocenters. The average Bonchev–Trinajstić information content (AvgIpc) is 2.77. The van der Waals surface area contributed by atoms with Crippen molar-refractivity contribution < 1.29 is 10.7 Å². The predicted octanol–water partition coefficient (Wildman–Crippen LogP) is 4.86. The Morgan fingerprint density at radius 3 is 1.87 bits per heavy atom. The van der Waals surface area contributed by atoms with E-state index in [2.05, 4.69) is 0 Å². The molecule has 1 fully saturated rings. The smallest absolute Gasteiger partial charge is 0.399 e. The molecule has 2 aromatic carbocycles. The molecule has 1 aliphatic rings. The van der Waals surface area contributed by atoms with Gasteiger partial charge >= 0.3 is 7.12 Å². The third-order valence-electron chi connectivity index (χ3n) is 4.63. The fourth-order valence-electron chi connectivity index (χ4n) is 2.52. The molecule has 0 spiro atoms. The van der Waals surface area contributed by atoms with Crippen LogP contribution in [-0.4, -0.2) is 18.3 Å². The first-order valence-electron chi connectivity index (χ1n) is 8.49. The summed E-state index contributed by atoms with van der Waals surface area (Å²) in [5, 5.41) is 0. The van der Waals surface area contributed by atoms with Crippen LogP contribution in [-0.2, 0) is 9.31 Å². The molecule has 0 amide bonds. The van der Waals surface area contributed by atoms with Crippen molar-refractivity contribution in [2.75, 3.05) is 0 Å². The zero-order valence-corrected chi connectivity index (χ0v) is 14.2. The first-order chi connectivity index (χ1) is 11.3. The molecule has 1 aliphatic heterocycles. The number of hydrogen-bond donors (Lipinski definition) is 0. The Morgan fingerprint density at radius 1 is 0.870 bits per heavy atom. The third kappa shape index (κ3) is 3.26. The summed E-state index contributed by atoms with van der Waals surface area (Å²) >= 11 is 0. The van der Waals surface area contributed by atoms with E-state index >= 15 is 0 Å². The monoisotopic (exact) mass is 307 g/mol. The molecule has 2 aromatic rings. The Kier molecular flexibility index (Phi) is 3.84. The Balaban J connectivity index is 2.12. The molecule has 0 N–H and O–H groups in total. The minimum absolute atomic E-state index is 0.431. The summed E-state index contributed by atoms with van der Waals surface area (Å²) < 4.78 is 21.2. The van der Waals surface area contributed by atoms with Gasteiger partial charge in [0, 0.05) is 0 Å². The first-order valence-corrected chi connectivity index (χ1v) is 7.99. The highest BCUT2D eigenvalue weighted by atomic mass is 16.7. The lowest BCUT2D eigenvalue weighted by Crippen LogP contribution is -2.41. The van der Waals surface area contributed by atoms with E-state index in [-0.39, 0.29) is 0 Å². The molecule has 2 nitrogen and oxygen atoms in total. The van der Waals surface area contributed by atoms with Gasteiger partial charge in [0.15, 0.2) is 0 Å². The highest BCUT2D eigenvalue weighted by Gasteiger charge is 2.52. The van der Waals surface area contributed by atoms with Crippen LogP contribution in [0.3, 0.4) is 0 Å². The van der Waals surface area contributed by atoms with Crippen LogP contribution in [0.25, 0.3) is 11.5 Å². The molecule has 3 rings (SSSR count). The summed E-state index contributed by atoms with van der Waals surface area (Å²) in [4.78, 5) is 0. The van der Waals surface area contributed by atoms with E-state index in [1.807, 2.05) is 88.4 Å². The van der Waals surface area contributed by atoms with Gasteiger partial charge in [-0.15, -0.1) is 0 Å². The molecule has 0 bridgehead atoms. The summed E-state index contributed by atoms with van der Waals surface area (Å²) in [6.07, 6.45) is 0. The molecule has 0 saturated carbocycles. The molecule has 0 radical (unpaired) electrons. The van der Waals surface area contributed by atoms with Gasteiger partial charge < -0.3 is 9.31 Å². The molecule has 118 valence electrons. The number of hydrogen-bond acceptors (Lipinski definition) is 2. The molecule has 0 aliphatic carbocycles. The van der Waals surface area contributed by atoms with Crippen LogP contribution < -0.4 is 0 Å². The minimum atomic E-state index is -0.565. The third-order valence-corrected chi connectivity index (χ3v) is 4.63. The molecule has 23 heavy (non-hydrogen) atoms. The summed E-state index contributed by atoms with van der Waals surface area (Å²) in [5.74, 6) is 0. The predicted molar refractivity (Wildman–Crippen MR) is 96.8 cm³/mol. The van der Waals surface area contributed by atoms with E-state index in [1.54, 1.807) is 0 Å². The van der Waals surface area contributed by atoms with Crippen molar-refractivity contribution >= 4 is 18.6 Å². The zero-order valence-electron chi connectivity index (χ0n) is 15.2. The van der Waals surface area contributed by atoms with E-state index in [1.165, 1.54) is 0 Å². The summed E-state index contributed by atoms with van der Waals surface area (Å²) in [6, 6.07) is 20.1. The molecule has 3 heteroatoms. The van der Waals surface area contributed by atoms with Crippen molar-refractivity contribution in [1.82, 2.24) is 0 Å². The molecular weight excluding hydrogens is 283 g/mol. The Bertz CT molecular complexity index is 723. The van der Waals surface area contributed by atoms with Gasteiger partial charge in [-0.2, -0.15) is 0 Å². The van der Waals surface area contributed by atoms with Crippen LogP contribution in [0.4, 0.5) is 0 Å². The first kappa shape index (κ1) is 14.7. The Labute approximate surface area is 140 Å². The van der Waals surface area contributed by atoms with Crippen molar-refractivity contribution in [2.45, 2.75) is 38.9 Å². The molecule has 1 heterocycles. The fraction of sp³-hybridized carbons (Fsp3) is 0.300. The van der Waals surface area contributed by atoms with Gasteiger partial charge in [0.1, 0.15) is 0 Å². The van der Waals surface area contributed by atoms with Gasteiger partial charge in [0.05, 0.1) is 12.6 Å². The SMILES string of the molecule is [2H]/C(=C(\B1OC(C)(C)C(C)(C)O1)c1ccccc1)c1ccccc1. The maximum Gasteiger partial charge on any atom is 0.495 e. The molecule has 1 saturated heterocycles. The van der Waals surface area contributed by atoms with E-state index in [4.69, 9.17) is 10.7 Å². The van der Waals surface area contributed by atoms with Crippen molar-refractivity contribution in [3.63, 3.8) is 0 Å². The lowest BCUT2D eigenvalue weighted by Gasteiger charge is -2.32. The zero-order chi connectivity index (χ0) is 17.4. The standard InChI is InChI=1S/C20H23BO2/c1-19(2)20(3,4)23-21(22-19)18(17-13-9-6-10-14-17)15-16-11-7-5-8-12-16/h5-15H,1-4H3/b18-15+/i15D. The van der Waals surface area contributed by atoms with E-state index < -0.39 is 18.3 Å². The second-order valence-electron chi connectivity index (χ2n) is 6.86. The maximum atomic E-state index is 8.75. The Morgan fingerprint density at radius 2 is 1.35 bits per heavy atom. The summed E-state index contributed by atoms with van der Waals surface area (Å²) in [5.41, 5.74) is 1.69. The van der Waals surface area contributed by atoms with Crippen molar-refractivity contribution in [3.05, 3.63) is 71.8 Å². The summed E-state index contributed by atoms with van der Waals surface area (Å²) in [6.45, 7) is 8.12. The minimum Gasteiger partial charge on any atom is -0.399 e. The van der Waals surface area contributed by atoms with Crippen LogP contribution in [0.2, 0.25) is 0 Å². The largest absolute Gasteiger partial charge is 0.495 e. The van der Waals surface area contributed by atoms with E-state index in [0.717, 1.165) is 16.6 Å². The average molecular weight is 307 g/mol. The van der Waals surface area contributed by atoms with Gasteiger partial charge in [-0.3, -0.25) is 0 Å². The Hall–Kier alpha value is -1.84. The van der Waals surface area contributed by atoms with Crippen LogP contribution >= 0.6 is 0 Å². The molecule has 0 unspecified atom stereocenters. The topological polar surface area (TPSA) is 18.5 Å². The quantitative estimate of drug-likeness (QED) is 0.595. The highest BCUT2D eigenvalue weighted by molar-refractivity contribution is 6.70. The number of benzene rings is 2. The lowest BCUT2D eigenvalue weighted by atomic mass is 9.73. The van der Waals surface area contributed by atoms with Crippen molar-refractivity contribution in [3.8, 4) is 0 Å². The van der Waals surface area contributed by atoms with E-state index in [0.29, 0.717) is 6.05 Å². The van der Waals surface area contributed by atoms with Gasteiger partial charge in [-0.05, 0) is 44.3 Å². The summed E-state index contributed by atoms with van der Waals surface area (Å²) in [7, 11) is -0.565. The van der Waals surface area contributed by atoms with Crippen LogP contribution in [0.5, 0.6) is 0 Å². The second kappa shape index (κ2) is 5.99.